The Hall–Kier alpha value is -3.06. The monoisotopic (exact) mass is 398 g/mol. The molecule has 0 aliphatic rings. The van der Waals surface area contributed by atoms with Crippen LogP contribution in [-0.2, 0) is 11.3 Å². The molecule has 28 heavy (non-hydrogen) atoms. The van der Waals surface area contributed by atoms with E-state index < -0.39 is 0 Å². The van der Waals surface area contributed by atoms with Gasteiger partial charge in [0.05, 0.1) is 31.0 Å². The van der Waals surface area contributed by atoms with Gasteiger partial charge in [-0.15, -0.1) is 11.3 Å². The third-order valence-electron chi connectivity index (χ3n) is 4.16. The standard InChI is InChI=1S/C21H22N2O4S/c1-23(2)16-10-8-14(9-11-16)21(24)27-12-15-13-28-20(22-15)17-6-5-7-18(25-3)19(17)26-4/h5-11,13H,12H2,1-4H3. The highest BCUT2D eigenvalue weighted by Crippen LogP contribution is 2.39. The largest absolute Gasteiger partial charge is 0.493 e. The van der Waals surface area contributed by atoms with Crippen molar-refractivity contribution in [3.63, 3.8) is 0 Å². The summed E-state index contributed by atoms with van der Waals surface area (Å²) in [5.74, 6) is 0.895. The zero-order chi connectivity index (χ0) is 20.1. The zero-order valence-electron chi connectivity index (χ0n) is 16.3. The number of carbonyl (C=O) groups is 1. The Morgan fingerprint density at radius 3 is 2.46 bits per heavy atom. The van der Waals surface area contributed by atoms with Gasteiger partial charge in [-0.3, -0.25) is 0 Å². The van der Waals surface area contributed by atoms with Crippen LogP contribution in [0.3, 0.4) is 0 Å². The molecule has 0 saturated heterocycles. The molecule has 0 aliphatic carbocycles. The van der Waals surface area contributed by atoms with Crippen LogP contribution in [-0.4, -0.2) is 39.3 Å². The van der Waals surface area contributed by atoms with Crippen LogP contribution in [0.15, 0.2) is 47.8 Å². The van der Waals surface area contributed by atoms with Crippen LogP contribution in [0.5, 0.6) is 11.5 Å². The molecule has 3 aromatic rings. The van der Waals surface area contributed by atoms with Crippen LogP contribution < -0.4 is 14.4 Å². The summed E-state index contributed by atoms with van der Waals surface area (Å²) in [4.78, 5) is 18.8. The molecule has 3 rings (SSSR count). The maximum absolute atomic E-state index is 12.3. The summed E-state index contributed by atoms with van der Waals surface area (Å²) in [6, 6.07) is 12.9. The van der Waals surface area contributed by atoms with Crippen LogP contribution in [0.25, 0.3) is 10.6 Å². The van der Waals surface area contributed by atoms with Crippen molar-refractivity contribution in [2.24, 2.45) is 0 Å². The Kier molecular flexibility index (Phi) is 6.16. The number of hydrogen-bond donors (Lipinski definition) is 0. The lowest BCUT2D eigenvalue weighted by atomic mass is 10.2. The number of hydrogen-bond acceptors (Lipinski definition) is 7. The Balaban J connectivity index is 1.69. The van der Waals surface area contributed by atoms with E-state index in [9.17, 15) is 4.79 Å². The second kappa shape index (κ2) is 8.75. The number of para-hydroxylation sites is 1. The lowest BCUT2D eigenvalue weighted by molar-refractivity contribution is 0.0468. The highest BCUT2D eigenvalue weighted by atomic mass is 32.1. The van der Waals surface area contributed by atoms with Gasteiger partial charge in [0, 0.05) is 25.2 Å². The van der Waals surface area contributed by atoms with Crippen molar-refractivity contribution >= 4 is 23.0 Å². The molecule has 146 valence electrons. The van der Waals surface area contributed by atoms with Crippen LogP contribution in [0.1, 0.15) is 16.1 Å². The van der Waals surface area contributed by atoms with Gasteiger partial charge in [0.2, 0.25) is 0 Å². The molecule has 1 aromatic heterocycles. The van der Waals surface area contributed by atoms with Gasteiger partial charge in [-0.05, 0) is 36.4 Å². The predicted molar refractivity (Wildman–Crippen MR) is 111 cm³/mol. The molecule has 0 saturated carbocycles. The fourth-order valence-electron chi connectivity index (χ4n) is 2.67. The first-order valence-corrected chi connectivity index (χ1v) is 9.51. The lowest BCUT2D eigenvalue weighted by Crippen LogP contribution is -2.09. The molecule has 0 aliphatic heterocycles. The third-order valence-corrected chi connectivity index (χ3v) is 5.08. The highest BCUT2D eigenvalue weighted by molar-refractivity contribution is 7.13. The molecule has 0 N–H and O–H groups in total. The van der Waals surface area contributed by atoms with Gasteiger partial charge in [-0.2, -0.15) is 0 Å². The number of carbonyl (C=O) groups excluding carboxylic acids is 1. The van der Waals surface area contributed by atoms with Crippen LogP contribution in [0.2, 0.25) is 0 Å². The van der Waals surface area contributed by atoms with Gasteiger partial charge in [-0.1, -0.05) is 6.07 Å². The van der Waals surface area contributed by atoms with E-state index in [0.717, 1.165) is 16.3 Å². The summed E-state index contributed by atoms with van der Waals surface area (Å²) in [5, 5.41) is 2.65. The summed E-state index contributed by atoms with van der Waals surface area (Å²) < 4.78 is 16.2. The summed E-state index contributed by atoms with van der Waals surface area (Å²) in [7, 11) is 7.09. The van der Waals surface area contributed by atoms with Crippen molar-refractivity contribution in [1.29, 1.82) is 0 Å². The number of nitrogens with zero attached hydrogens (tertiary/aromatic N) is 2. The number of methoxy groups -OCH3 is 2. The molecule has 0 fully saturated rings. The number of benzene rings is 2. The SMILES string of the molecule is COc1cccc(-c2nc(COC(=O)c3ccc(N(C)C)cc3)cs2)c1OC. The molecular formula is C21H22N2O4S. The van der Waals surface area contributed by atoms with E-state index in [1.54, 1.807) is 26.4 Å². The van der Waals surface area contributed by atoms with Crippen molar-refractivity contribution < 1.29 is 19.0 Å². The quantitative estimate of drug-likeness (QED) is 0.555. The number of aromatic nitrogens is 1. The van der Waals surface area contributed by atoms with E-state index in [0.29, 0.717) is 22.8 Å². The zero-order valence-corrected chi connectivity index (χ0v) is 17.1. The summed E-state index contributed by atoms with van der Waals surface area (Å²) >= 11 is 1.46. The molecule has 1 heterocycles. The van der Waals surface area contributed by atoms with Gasteiger partial charge >= 0.3 is 5.97 Å². The van der Waals surface area contributed by atoms with E-state index in [-0.39, 0.29) is 12.6 Å². The van der Waals surface area contributed by atoms with E-state index in [4.69, 9.17) is 14.2 Å². The smallest absolute Gasteiger partial charge is 0.338 e. The van der Waals surface area contributed by atoms with Crippen molar-refractivity contribution in [1.82, 2.24) is 4.98 Å². The maximum atomic E-state index is 12.3. The normalized spacial score (nSPS) is 10.4. The lowest BCUT2D eigenvalue weighted by Gasteiger charge is -2.12. The summed E-state index contributed by atoms with van der Waals surface area (Å²) in [6.45, 7) is 0.108. The van der Waals surface area contributed by atoms with E-state index in [1.165, 1.54) is 11.3 Å². The van der Waals surface area contributed by atoms with Gasteiger partial charge in [0.1, 0.15) is 11.6 Å². The van der Waals surface area contributed by atoms with E-state index >= 15 is 0 Å². The van der Waals surface area contributed by atoms with Crippen molar-refractivity contribution in [3.05, 3.63) is 59.1 Å². The second-order valence-corrected chi connectivity index (χ2v) is 7.06. The third kappa shape index (κ3) is 4.26. The average molecular weight is 398 g/mol. The van der Waals surface area contributed by atoms with Gasteiger partial charge in [0.15, 0.2) is 11.5 Å². The second-order valence-electron chi connectivity index (χ2n) is 6.20. The molecule has 0 atom stereocenters. The Morgan fingerprint density at radius 2 is 1.82 bits per heavy atom. The first-order chi connectivity index (χ1) is 13.5. The first-order valence-electron chi connectivity index (χ1n) is 8.63. The Bertz CT molecular complexity index is 951. The topological polar surface area (TPSA) is 60.9 Å². The average Bonchev–Trinajstić information content (AvgIpc) is 3.20. The molecule has 0 spiro atoms. The van der Waals surface area contributed by atoms with Crippen molar-refractivity contribution in [3.8, 4) is 22.1 Å². The van der Waals surface area contributed by atoms with Crippen molar-refractivity contribution in [2.45, 2.75) is 6.61 Å². The molecule has 6 nitrogen and oxygen atoms in total. The molecule has 0 bridgehead atoms. The number of ether oxygens (including phenoxy) is 3. The fourth-order valence-corrected chi connectivity index (χ4v) is 3.50. The molecular weight excluding hydrogens is 376 g/mol. The first kappa shape index (κ1) is 19.7. The summed E-state index contributed by atoms with van der Waals surface area (Å²) in [5.41, 5.74) is 3.05. The molecule has 0 unspecified atom stereocenters. The van der Waals surface area contributed by atoms with E-state index in [2.05, 4.69) is 4.98 Å². The van der Waals surface area contributed by atoms with Crippen LogP contribution in [0.4, 0.5) is 5.69 Å². The minimum absolute atomic E-state index is 0.108. The predicted octanol–water partition coefficient (Wildman–Crippen LogP) is 4.25. The molecule has 0 amide bonds. The van der Waals surface area contributed by atoms with Crippen molar-refractivity contribution in [2.75, 3.05) is 33.2 Å². The number of thiazole rings is 1. The molecule has 2 aromatic carbocycles. The van der Waals surface area contributed by atoms with Gasteiger partial charge in [-0.25, -0.2) is 9.78 Å². The van der Waals surface area contributed by atoms with Crippen LogP contribution in [0, 0.1) is 0 Å². The number of esters is 1. The molecule has 0 radical (unpaired) electrons. The van der Waals surface area contributed by atoms with E-state index in [1.807, 2.05) is 54.7 Å². The maximum Gasteiger partial charge on any atom is 0.338 e. The minimum atomic E-state index is -0.376. The number of rotatable bonds is 7. The summed E-state index contributed by atoms with van der Waals surface area (Å²) in [6.07, 6.45) is 0. The molecule has 7 heteroatoms. The van der Waals surface area contributed by atoms with Gasteiger partial charge in [0.25, 0.3) is 0 Å². The van der Waals surface area contributed by atoms with Gasteiger partial charge < -0.3 is 19.1 Å². The Morgan fingerprint density at radius 1 is 1.07 bits per heavy atom. The van der Waals surface area contributed by atoms with Crippen LogP contribution >= 0.6 is 11.3 Å². The highest BCUT2D eigenvalue weighted by Gasteiger charge is 2.15. The Labute approximate surface area is 168 Å². The number of anilines is 1. The minimum Gasteiger partial charge on any atom is -0.493 e. The fraction of sp³-hybridized carbons (Fsp3) is 0.238.